The molecule has 0 saturated heterocycles. The predicted molar refractivity (Wildman–Crippen MR) is 73.7 cm³/mol. The van der Waals surface area contributed by atoms with E-state index >= 15 is 0 Å². The van der Waals surface area contributed by atoms with Crippen molar-refractivity contribution in [2.75, 3.05) is 0 Å². The average Bonchev–Trinajstić information content (AvgIpc) is 2.77. The summed E-state index contributed by atoms with van der Waals surface area (Å²) in [5.41, 5.74) is -0.00113. The Bertz CT molecular complexity index is 611. The van der Waals surface area contributed by atoms with Crippen LogP contribution in [0.1, 0.15) is 55.7 Å². The Labute approximate surface area is 118 Å². The van der Waals surface area contributed by atoms with E-state index in [1.54, 1.807) is 6.92 Å². The standard InChI is InChI=1S/C12H20N4O3S/c1-3-8-10(20(13,18)19)9(16-15-8)11(17)14-12(4-2)6-5-7-12/h3-7H2,1-2H3,(H,14,17)(H,15,16)(H2,13,18,19). The van der Waals surface area contributed by atoms with E-state index in [-0.39, 0.29) is 16.1 Å². The zero-order valence-corrected chi connectivity index (χ0v) is 12.5. The van der Waals surface area contributed by atoms with Crippen molar-refractivity contribution in [1.29, 1.82) is 0 Å². The van der Waals surface area contributed by atoms with Crippen molar-refractivity contribution >= 4 is 15.9 Å². The highest BCUT2D eigenvalue weighted by Crippen LogP contribution is 2.35. The van der Waals surface area contributed by atoms with Crippen LogP contribution in [0, 0.1) is 0 Å². The lowest BCUT2D eigenvalue weighted by molar-refractivity contribution is 0.0811. The number of aryl methyl sites for hydroxylation is 1. The number of carbonyl (C=O) groups is 1. The van der Waals surface area contributed by atoms with Gasteiger partial charge in [0.2, 0.25) is 10.0 Å². The number of rotatable bonds is 5. The Balaban J connectivity index is 2.33. The summed E-state index contributed by atoms with van der Waals surface area (Å²) in [6, 6.07) is 0. The zero-order valence-electron chi connectivity index (χ0n) is 11.7. The third-order valence-corrected chi connectivity index (χ3v) is 5.02. The van der Waals surface area contributed by atoms with Crippen molar-refractivity contribution in [2.24, 2.45) is 5.14 Å². The summed E-state index contributed by atoms with van der Waals surface area (Å²) in [6.07, 6.45) is 4.10. The van der Waals surface area contributed by atoms with Gasteiger partial charge in [-0.25, -0.2) is 13.6 Å². The van der Waals surface area contributed by atoms with Gasteiger partial charge in [-0.3, -0.25) is 9.89 Å². The molecule has 4 N–H and O–H groups in total. The molecule has 20 heavy (non-hydrogen) atoms. The van der Waals surface area contributed by atoms with Crippen molar-refractivity contribution in [1.82, 2.24) is 15.5 Å². The molecule has 2 rings (SSSR count). The minimum Gasteiger partial charge on any atom is -0.345 e. The van der Waals surface area contributed by atoms with Crippen LogP contribution in [0.15, 0.2) is 4.90 Å². The molecule has 0 radical (unpaired) electrons. The van der Waals surface area contributed by atoms with Gasteiger partial charge in [0.25, 0.3) is 5.91 Å². The van der Waals surface area contributed by atoms with Gasteiger partial charge in [0.1, 0.15) is 4.90 Å². The van der Waals surface area contributed by atoms with E-state index < -0.39 is 15.9 Å². The fourth-order valence-electron chi connectivity index (χ4n) is 2.54. The van der Waals surface area contributed by atoms with Gasteiger partial charge in [-0.2, -0.15) is 5.10 Å². The maximum absolute atomic E-state index is 12.3. The fraction of sp³-hybridized carbons (Fsp3) is 0.667. The monoisotopic (exact) mass is 300 g/mol. The Kier molecular flexibility index (Phi) is 3.88. The van der Waals surface area contributed by atoms with Gasteiger partial charge in [-0.05, 0) is 32.1 Å². The number of nitrogens with zero attached hydrogens (tertiary/aromatic N) is 1. The number of hydrogen-bond acceptors (Lipinski definition) is 4. The van der Waals surface area contributed by atoms with Gasteiger partial charge in [0, 0.05) is 5.54 Å². The first-order valence-corrected chi connectivity index (χ1v) is 8.30. The van der Waals surface area contributed by atoms with Gasteiger partial charge >= 0.3 is 0 Å². The maximum atomic E-state index is 12.3. The summed E-state index contributed by atoms with van der Waals surface area (Å²) in [4.78, 5) is 12.1. The van der Waals surface area contributed by atoms with Gasteiger partial charge in [0.15, 0.2) is 5.69 Å². The second kappa shape index (κ2) is 5.17. The average molecular weight is 300 g/mol. The summed E-state index contributed by atoms with van der Waals surface area (Å²) < 4.78 is 23.3. The van der Waals surface area contributed by atoms with E-state index in [0.717, 1.165) is 25.7 Å². The molecule has 1 saturated carbocycles. The fourth-order valence-corrected chi connectivity index (χ4v) is 3.48. The van der Waals surface area contributed by atoms with Crippen LogP contribution in [-0.2, 0) is 16.4 Å². The van der Waals surface area contributed by atoms with Crippen molar-refractivity contribution in [2.45, 2.75) is 56.4 Å². The molecule has 1 aliphatic carbocycles. The van der Waals surface area contributed by atoms with E-state index in [1.807, 2.05) is 6.92 Å². The molecule has 0 aliphatic heterocycles. The van der Waals surface area contributed by atoms with Crippen molar-refractivity contribution in [3.8, 4) is 0 Å². The maximum Gasteiger partial charge on any atom is 0.273 e. The molecule has 0 unspecified atom stereocenters. The number of aromatic amines is 1. The Morgan fingerprint density at radius 2 is 2.10 bits per heavy atom. The summed E-state index contributed by atoms with van der Waals surface area (Å²) in [6.45, 7) is 3.77. The number of H-pyrrole nitrogens is 1. The first kappa shape index (κ1) is 15.0. The smallest absolute Gasteiger partial charge is 0.273 e. The summed E-state index contributed by atoms with van der Waals surface area (Å²) >= 11 is 0. The number of primary sulfonamides is 1. The van der Waals surface area contributed by atoms with E-state index in [4.69, 9.17) is 5.14 Å². The first-order valence-electron chi connectivity index (χ1n) is 6.75. The number of nitrogens with one attached hydrogen (secondary N) is 2. The van der Waals surface area contributed by atoms with Crippen LogP contribution in [0.5, 0.6) is 0 Å². The highest BCUT2D eigenvalue weighted by Gasteiger charge is 2.38. The lowest BCUT2D eigenvalue weighted by atomic mass is 9.75. The second-order valence-electron chi connectivity index (χ2n) is 5.22. The molecule has 112 valence electrons. The Hall–Kier alpha value is -1.41. The van der Waals surface area contributed by atoms with Crippen LogP contribution in [-0.4, -0.2) is 30.1 Å². The van der Waals surface area contributed by atoms with Crippen LogP contribution in [0.4, 0.5) is 0 Å². The first-order chi connectivity index (χ1) is 9.33. The Morgan fingerprint density at radius 3 is 2.50 bits per heavy atom. The van der Waals surface area contributed by atoms with E-state index in [1.165, 1.54) is 0 Å². The van der Waals surface area contributed by atoms with E-state index in [0.29, 0.717) is 12.1 Å². The van der Waals surface area contributed by atoms with Crippen molar-refractivity contribution in [3.05, 3.63) is 11.4 Å². The molecule has 0 bridgehead atoms. The summed E-state index contributed by atoms with van der Waals surface area (Å²) in [7, 11) is -3.98. The lowest BCUT2D eigenvalue weighted by Crippen LogP contribution is -2.53. The number of sulfonamides is 1. The lowest BCUT2D eigenvalue weighted by Gasteiger charge is -2.41. The third kappa shape index (κ3) is 2.57. The zero-order chi connectivity index (χ0) is 15.0. The van der Waals surface area contributed by atoms with Crippen molar-refractivity contribution < 1.29 is 13.2 Å². The molecule has 0 spiro atoms. The summed E-state index contributed by atoms with van der Waals surface area (Å²) in [5.74, 6) is -0.480. The van der Waals surface area contributed by atoms with Gasteiger partial charge in [-0.15, -0.1) is 0 Å². The minimum atomic E-state index is -3.98. The highest BCUT2D eigenvalue weighted by atomic mass is 32.2. The second-order valence-corrected chi connectivity index (χ2v) is 6.72. The highest BCUT2D eigenvalue weighted by molar-refractivity contribution is 7.89. The van der Waals surface area contributed by atoms with Crippen molar-refractivity contribution in [3.63, 3.8) is 0 Å². The van der Waals surface area contributed by atoms with Crippen LogP contribution < -0.4 is 10.5 Å². The molecule has 7 nitrogen and oxygen atoms in total. The Morgan fingerprint density at radius 1 is 1.45 bits per heavy atom. The van der Waals surface area contributed by atoms with Gasteiger partial charge in [-0.1, -0.05) is 13.8 Å². The predicted octanol–water partition coefficient (Wildman–Crippen LogP) is 0.682. The molecule has 0 atom stereocenters. The third-order valence-electron chi connectivity index (χ3n) is 4.01. The van der Waals surface area contributed by atoms with Gasteiger partial charge < -0.3 is 5.32 Å². The molecule has 0 aromatic carbocycles. The van der Waals surface area contributed by atoms with Crippen LogP contribution >= 0.6 is 0 Å². The summed E-state index contributed by atoms with van der Waals surface area (Å²) in [5, 5.41) is 14.5. The van der Waals surface area contributed by atoms with E-state index in [2.05, 4.69) is 15.5 Å². The molecular formula is C12H20N4O3S. The molecule has 1 fully saturated rings. The van der Waals surface area contributed by atoms with Gasteiger partial charge in [0.05, 0.1) is 5.69 Å². The number of amides is 1. The minimum absolute atomic E-state index is 0.135. The van der Waals surface area contributed by atoms with Crippen LogP contribution in [0.25, 0.3) is 0 Å². The molecule has 1 aromatic rings. The molecule has 1 aliphatic rings. The largest absolute Gasteiger partial charge is 0.345 e. The number of aromatic nitrogens is 2. The molecule has 1 aromatic heterocycles. The normalized spacial score (nSPS) is 17.6. The SMILES string of the molecule is CCc1[nH]nc(C(=O)NC2(CC)CCC2)c1S(N)(=O)=O. The molecule has 1 amide bonds. The van der Waals surface area contributed by atoms with Crippen LogP contribution in [0.3, 0.4) is 0 Å². The number of nitrogens with two attached hydrogens (primary N) is 1. The number of carbonyl (C=O) groups excluding carboxylic acids is 1. The molecule has 1 heterocycles. The quantitative estimate of drug-likeness (QED) is 0.741. The number of hydrogen-bond donors (Lipinski definition) is 3. The topological polar surface area (TPSA) is 118 Å². The molecule has 8 heteroatoms. The van der Waals surface area contributed by atoms with E-state index in [9.17, 15) is 13.2 Å². The van der Waals surface area contributed by atoms with Crippen LogP contribution in [0.2, 0.25) is 0 Å². The molecular weight excluding hydrogens is 280 g/mol.